The number of aromatic nitrogens is 3. The molecule has 1 aliphatic rings. The first-order chi connectivity index (χ1) is 14.0. The van der Waals surface area contributed by atoms with Gasteiger partial charge in [-0.2, -0.15) is 0 Å². The van der Waals surface area contributed by atoms with Gasteiger partial charge in [-0.15, -0.1) is 5.10 Å². The second-order valence-electron chi connectivity index (χ2n) is 6.85. The summed E-state index contributed by atoms with van der Waals surface area (Å²) in [6, 6.07) is 12.5. The summed E-state index contributed by atoms with van der Waals surface area (Å²) in [6.45, 7) is 2.00. The highest BCUT2D eigenvalue weighted by Gasteiger charge is 2.34. The van der Waals surface area contributed by atoms with E-state index in [0.29, 0.717) is 0 Å². The Bertz CT molecular complexity index is 1070. The molecule has 0 saturated heterocycles. The molecule has 3 aromatic rings. The van der Waals surface area contributed by atoms with Gasteiger partial charge in [0.05, 0.1) is 27.0 Å². The number of aryl methyl sites for hydroxylation is 1. The third-order valence-corrected chi connectivity index (χ3v) is 5.27. The number of hydrogen-bond acceptors (Lipinski definition) is 4. The van der Waals surface area contributed by atoms with Crippen LogP contribution in [0.3, 0.4) is 0 Å². The van der Waals surface area contributed by atoms with E-state index in [1.54, 1.807) is 22.9 Å². The van der Waals surface area contributed by atoms with Gasteiger partial charge in [0.25, 0.3) is 11.8 Å². The number of amides is 2. The maximum Gasteiger partial charge on any atom is 0.292 e. The van der Waals surface area contributed by atoms with Crippen molar-refractivity contribution in [3.05, 3.63) is 75.0 Å². The molecule has 0 aliphatic heterocycles. The van der Waals surface area contributed by atoms with Gasteiger partial charge in [-0.05, 0) is 44.0 Å². The molecule has 0 bridgehead atoms. The Kier molecular flexibility index (Phi) is 5.25. The first-order valence-corrected chi connectivity index (χ1v) is 9.78. The summed E-state index contributed by atoms with van der Waals surface area (Å²) >= 11 is 12.1. The van der Waals surface area contributed by atoms with Crippen LogP contribution in [-0.4, -0.2) is 26.8 Å². The van der Waals surface area contributed by atoms with E-state index in [4.69, 9.17) is 23.2 Å². The van der Waals surface area contributed by atoms with Crippen molar-refractivity contribution in [2.24, 2.45) is 0 Å². The second kappa shape index (κ2) is 7.85. The molecule has 1 aromatic heterocycles. The fourth-order valence-electron chi connectivity index (χ4n) is 3.00. The lowest BCUT2D eigenvalue weighted by atomic mass is 10.2. The van der Waals surface area contributed by atoms with Gasteiger partial charge in [-0.25, -0.2) is 4.68 Å². The standard InChI is InChI=1S/C20H17Cl2N5O2/c1-11-5-9-13(10-6-11)27-18(12-7-8-12)17(23-26-27)20(29)25-24-19(28)16-14(21)3-2-4-15(16)22/h2-6,9-10,12H,7-8H2,1H3,(H,24,28)(H,25,29). The van der Waals surface area contributed by atoms with E-state index in [0.717, 1.165) is 29.8 Å². The third-order valence-electron chi connectivity index (χ3n) is 4.64. The van der Waals surface area contributed by atoms with Crippen LogP contribution in [0.2, 0.25) is 10.0 Å². The Balaban J connectivity index is 1.55. The molecule has 29 heavy (non-hydrogen) atoms. The molecule has 1 aliphatic carbocycles. The highest BCUT2D eigenvalue weighted by atomic mass is 35.5. The Morgan fingerprint density at radius 1 is 1.00 bits per heavy atom. The molecule has 0 atom stereocenters. The van der Waals surface area contributed by atoms with Crippen LogP contribution in [0.15, 0.2) is 42.5 Å². The third kappa shape index (κ3) is 3.97. The molecule has 9 heteroatoms. The lowest BCUT2D eigenvalue weighted by molar-refractivity contribution is 0.0843. The number of nitrogens with zero attached hydrogens (tertiary/aromatic N) is 3. The van der Waals surface area contributed by atoms with Crippen molar-refractivity contribution in [1.29, 1.82) is 0 Å². The summed E-state index contributed by atoms with van der Waals surface area (Å²) < 4.78 is 1.68. The number of carbonyl (C=O) groups excluding carboxylic acids is 2. The summed E-state index contributed by atoms with van der Waals surface area (Å²) in [5.74, 6) is -0.963. The molecule has 2 amide bonds. The molecule has 0 spiro atoms. The molecule has 7 nitrogen and oxygen atoms in total. The van der Waals surface area contributed by atoms with E-state index in [1.807, 2.05) is 31.2 Å². The number of halogens is 2. The minimum Gasteiger partial charge on any atom is -0.267 e. The van der Waals surface area contributed by atoms with Gasteiger partial charge in [0.2, 0.25) is 0 Å². The molecule has 1 fully saturated rings. The molecule has 0 radical (unpaired) electrons. The maximum absolute atomic E-state index is 12.7. The summed E-state index contributed by atoms with van der Waals surface area (Å²) in [5.41, 5.74) is 7.67. The van der Waals surface area contributed by atoms with Crippen molar-refractivity contribution in [1.82, 2.24) is 25.8 Å². The van der Waals surface area contributed by atoms with E-state index in [1.165, 1.54) is 0 Å². The van der Waals surface area contributed by atoms with Crippen molar-refractivity contribution < 1.29 is 9.59 Å². The molecule has 4 rings (SSSR count). The fraction of sp³-hybridized carbons (Fsp3) is 0.200. The topological polar surface area (TPSA) is 88.9 Å². The molecule has 0 unspecified atom stereocenters. The first kappa shape index (κ1) is 19.4. The number of benzene rings is 2. The smallest absolute Gasteiger partial charge is 0.267 e. The van der Waals surface area contributed by atoms with Gasteiger partial charge in [-0.3, -0.25) is 20.4 Å². The lowest BCUT2D eigenvalue weighted by Gasteiger charge is -2.10. The zero-order valence-electron chi connectivity index (χ0n) is 15.4. The predicted octanol–water partition coefficient (Wildman–Crippen LogP) is 3.83. The number of carbonyl (C=O) groups is 2. The van der Waals surface area contributed by atoms with Gasteiger partial charge in [-0.1, -0.05) is 52.2 Å². The highest BCUT2D eigenvalue weighted by Crippen LogP contribution is 2.41. The van der Waals surface area contributed by atoms with E-state index in [2.05, 4.69) is 21.2 Å². The molecule has 148 valence electrons. The van der Waals surface area contributed by atoms with Crippen LogP contribution >= 0.6 is 23.2 Å². The predicted molar refractivity (Wildman–Crippen MR) is 109 cm³/mol. The van der Waals surface area contributed by atoms with E-state index in [9.17, 15) is 9.59 Å². The molecule has 2 N–H and O–H groups in total. The zero-order chi connectivity index (χ0) is 20.5. The summed E-state index contributed by atoms with van der Waals surface area (Å²) in [6.07, 6.45) is 1.92. The second-order valence-corrected chi connectivity index (χ2v) is 7.66. The fourth-order valence-corrected chi connectivity index (χ4v) is 3.57. The van der Waals surface area contributed by atoms with Gasteiger partial charge < -0.3 is 0 Å². The molecule has 1 saturated carbocycles. The van der Waals surface area contributed by atoms with Crippen LogP contribution in [0.25, 0.3) is 5.69 Å². The van der Waals surface area contributed by atoms with Crippen molar-refractivity contribution in [3.8, 4) is 5.69 Å². The number of rotatable bonds is 4. The van der Waals surface area contributed by atoms with Crippen molar-refractivity contribution in [3.63, 3.8) is 0 Å². The molecular formula is C20H17Cl2N5O2. The monoisotopic (exact) mass is 429 g/mol. The zero-order valence-corrected chi connectivity index (χ0v) is 17.0. The first-order valence-electron chi connectivity index (χ1n) is 9.03. The lowest BCUT2D eigenvalue weighted by Crippen LogP contribution is -2.42. The van der Waals surface area contributed by atoms with Gasteiger partial charge in [0.15, 0.2) is 5.69 Å². The molecule has 2 aromatic carbocycles. The average Bonchev–Trinajstić information content (AvgIpc) is 3.44. The van der Waals surface area contributed by atoms with Crippen LogP contribution in [-0.2, 0) is 0 Å². The van der Waals surface area contributed by atoms with Gasteiger partial charge in [0, 0.05) is 5.92 Å². The normalized spacial score (nSPS) is 13.2. The Morgan fingerprint density at radius 3 is 2.24 bits per heavy atom. The molecular weight excluding hydrogens is 413 g/mol. The summed E-state index contributed by atoms with van der Waals surface area (Å²) in [5, 5.41) is 8.60. The quantitative estimate of drug-likeness (QED) is 0.616. The average molecular weight is 430 g/mol. The van der Waals surface area contributed by atoms with Crippen LogP contribution in [0.1, 0.15) is 50.9 Å². The van der Waals surface area contributed by atoms with Crippen LogP contribution in [0.5, 0.6) is 0 Å². The van der Waals surface area contributed by atoms with Crippen molar-refractivity contribution >= 4 is 35.0 Å². The van der Waals surface area contributed by atoms with E-state index < -0.39 is 11.8 Å². The van der Waals surface area contributed by atoms with Crippen LogP contribution in [0.4, 0.5) is 0 Å². The Hall–Kier alpha value is -2.90. The Morgan fingerprint density at radius 2 is 1.62 bits per heavy atom. The van der Waals surface area contributed by atoms with Crippen LogP contribution in [0, 0.1) is 6.92 Å². The van der Waals surface area contributed by atoms with Gasteiger partial charge in [0.1, 0.15) is 0 Å². The highest BCUT2D eigenvalue weighted by molar-refractivity contribution is 6.39. The SMILES string of the molecule is Cc1ccc(-n2nnc(C(=O)NNC(=O)c3c(Cl)cccc3Cl)c2C2CC2)cc1. The van der Waals surface area contributed by atoms with Crippen molar-refractivity contribution in [2.75, 3.05) is 0 Å². The van der Waals surface area contributed by atoms with Crippen molar-refractivity contribution in [2.45, 2.75) is 25.7 Å². The van der Waals surface area contributed by atoms with Gasteiger partial charge >= 0.3 is 0 Å². The number of nitrogens with one attached hydrogen (secondary N) is 2. The minimum absolute atomic E-state index is 0.0851. The number of hydrazine groups is 1. The van der Waals surface area contributed by atoms with Crippen LogP contribution < -0.4 is 10.9 Å². The van der Waals surface area contributed by atoms with E-state index >= 15 is 0 Å². The minimum atomic E-state index is -0.618. The number of hydrogen-bond donors (Lipinski definition) is 2. The summed E-state index contributed by atoms with van der Waals surface area (Å²) in [4.78, 5) is 25.1. The Labute approximate surface area is 177 Å². The summed E-state index contributed by atoms with van der Waals surface area (Å²) in [7, 11) is 0. The van der Waals surface area contributed by atoms with E-state index in [-0.39, 0.29) is 27.2 Å². The maximum atomic E-state index is 12.7. The molecule has 1 heterocycles. The largest absolute Gasteiger partial charge is 0.292 e.